The van der Waals surface area contributed by atoms with E-state index in [0.717, 1.165) is 44.9 Å². The third kappa shape index (κ3) is 5.07. The molecule has 0 N–H and O–H groups in total. The first-order valence-electron chi connectivity index (χ1n) is 16.8. The van der Waals surface area contributed by atoms with Crippen LogP contribution in [0.1, 0.15) is 33.4 Å². The number of nitrogens with zero attached hydrogens (tertiary/aromatic N) is 4. The minimum Gasteiger partial charge on any atom is -0.310 e. The van der Waals surface area contributed by atoms with E-state index >= 15 is 0 Å². The van der Waals surface area contributed by atoms with E-state index in [1.807, 2.05) is 48.5 Å². The number of hydrogen-bond donors (Lipinski definition) is 0. The summed E-state index contributed by atoms with van der Waals surface area (Å²) in [5, 5.41) is 26.3. The monoisotopic (exact) mass is 642 g/mol. The Morgan fingerprint density at radius 3 is 1.00 bits per heavy atom. The van der Waals surface area contributed by atoms with Gasteiger partial charge in [0, 0.05) is 33.5 Å². The zero-order chi connectivity index (χ0) is 34.5. The summed E-state index contributed by atoms with van der Waals surface area (Å²) in [5.74, 6) is 0. The molecule has 8 aromatic carbocycles. The second-order valence-electron chi connectivity index (χ2n) is 13.2. The molecule has 0 fully saturated rings. The van der Waals surface area contributed by atoms with Crippen LogP contribution in [0.5, 0.6) is 0 Å². The van der Waals surface area contributed by atoms with Gasteiger partial charge in [-0.2, -0.15) is 10.5 Å². The minimum atomic E-state index is 0.632. The molecule has 0 atom stereocenters. The highest BCUT2D eigenvalue weighted by molar-refractivity contribution is 6.29. The molecule has 0 unspecified atom stereocenters. The molecule has 0 saturated carbocycles. The van der Waals surface area contributed by atoms with E-state index in [-0.39, 0.29) is 0 Å². The molecule has 0 saturated heterocycles. The van der Waals surface area contributed by atoms with Crippen LogP contribution in [0.15, 0.2) is 133 Å². The highest BCUT2D eigenvalue weighted by Crippen LogP contribution is 2.49. The van der Waals surface area contributed by atoms with Crippen LogP contribution in [-0.2, 0) is 0 Å². The summed E-state index contributed by atoms with van der Waals surface area (Å²) in [6.07, 6.45) is 0. The molecule has 50 heavy (non-hydrogen) atoms. The molecule has 0 aliphatic heterocycles. The van der Waals surface area contributed by atoms with Gasteiger partial charge in [-0.1, -0.05) is 59.7 Å². The Morgan fingerprint density at radius 1 is 0.380 bits per heavy atom. The maximum Gasteiger partial charge on any atom is 0.0991 e. The SMILES string of the molecule is Cc1ccc(N(c2ccc(C#N)cc2)c2cc(C)c3ccc4c(N(c5ccc(C)cc5)c5ccc(C#N)cc5)cc(C)c5ccc2c3c54)cc1. The maximum atomic E-state index is 9.55. The van der Waals surface area contributed by atoms with Crippen molar-refractivity contribution in [2.75, 3.05) is 9.80 Å². The molecule has 4 heteroatoms. The topological polar surface area (TPSA) is 54.1 Å². The first-order valence-corrected chi connectivity index (χ1v) is 16.8. The molecular formula is C46H34N4. The molecule has 0 aliphatic rings. The van der Waals surface area contributed by atoms with Crippen molar-refractivity contribution in [3.8, 4) is 12.1 Å². The van der Waals surface area contributed by atoms with Crippen LogP contribution in [0.4, 0.5) is 34.1 Å². The summed E-state index contributed by atoms with van der Waals surface area (Å²) in [6, 6.07) is 51.1. The van der Waals surface area contributed by atoms with E-state index in [1.54, 1.807) is 0 Å². The number of anilines is 6. The molecular weight excluding hydrogens is 609 g/mol. The Balaban J connectivity index is 1.44. The third-order valence-electron chi connectivity index (χ3n) is 9.84. The maximum absolute atomic E-state index is 9.55. The molecule has 238 valence electrons. The van der Waals surface area contributed by atoms with Crippen LogP contribution in [0.3, 0.4) is 0 Å². The average Bonchev–Trinajstić information content (AvgIpc) is 3.15. The fraction of sp³-hybridized carbons (Fsp3) is 0.0870. The first kappa shape index (κ1) is 30.7. The average molecular weight is 643 g/mol. The van der Waals surface area contributed by atoms with Crippen LogP contribution < -0.4 is 9.80 Å². The molecule has 0 aliphatic carbocycles. The summed E-state index contributed by atoms with van der Waals surface area (Å²) in [7, 11) is 0. The molecule has 0 aromatic heterocycles. The standard InChI is InChI=1S/C46H34N4/c1-29-5-13-35(14-6-29)49(37-17-9-33(27-47)10-18-37)43-25-31(3)39-22-24-42-44(26-32(4)40-21-23-41(43)45(39)46(40)42)50(36-15-7-30(2)8-16-36)38-19-11-34(28-48)12-20-38/h5-26H,1-4H3. The highest BCUT2D eigenvalue weighted by Gasteiger charge is 2.23. The Kier molecular flexibility index (Phi) is 7.44. The smallest absolute Gasteiger partial charge is 0.0991 e. The van der Waals surface area contributed by atoms with Gasteiger partial charge in [0.05, 0.1) is 34.6 Å². The Hall–Kier alpha value is -6.62. The number of hydrogen-bond acceptors (Lipinski definition) is 4. The van der Waals surface area contributed by atoms with Crippen molar-refractivity contribution < 1.29 is 0 Å². The lowest BCUT2D eigenvalue weighted by atomic mass is 9.88. The summed E-state index contributed by atoms with van der Waals surface area (Å²) in [5.41, 5.74) is 12.3. The zero-order valence-electron chi connectivity index (χ0n) is 28.5. The summed E-state index contributed by atoms with van der Waals surface area (Å²) < 4.78 is 0. The molecule has 8 rings (SSSR count). The second-order valence-corrected chi connectivity index (χ2v) is 13.2. The predicted molar refractivity (Wildman–Crippen MR) is 208 cm³/mol. The van der Waals surface area contributed by atoms with Gasteiger partial charge in [-0.15, -0.1) is 0 Å². The van der Waals surface area contributed by atoms with Crippen molar-refractivity contribution in [3.63, 3.8) is 0 Å². The lowest BCUT2D eigenvalue weighted by Crippen LogP contribution is -2.12. The third-order valence-corrected chi connectivity index (χ3v) is 9.84. The van der Waals surface area contributed by atoms with Gasteiger partial charge in [0.1, 0.15) is 0 Å². The van der Waals surface area contributed by atoms with Crippen molar-refractivity contribution in [3.05, 3.63) is 167 Å². The van der Waals surface area contributed by atoms with Crippen LogP contribution in [0.25, 0.3) is 32.3 Å². The van der Waals surface area contributed by atoms with Gasteiger partial charge in [-0.25, -0.2) is 0 Å². The van der Waals surface area contributed by atoms with Gasteiger partial charge >= 0.3 is 0 Å². The fourth-order valence-electron chi connectivity index (χ4n) is 7.28. The first-order chi connectivity index (χ1) is 24.3. The van der Waals surface area contributed by atoms with Crippen LogP contribution >= 0.6 is 0 Å². The molecule has 0 spiro atoms. The van der Waals surface area contributed by atoms with Gasteiger partial charge in [-0.3, -0.25) is 0 Å². The van der Waals surface area contributed by atoms with Gasteiger partial charge in [0.25, 0.3) is 0 Å². The van der Waals surface area contributed by atoms with Crippen molar-refractivity contribution in [2.24, 2.45) is 0 Å². The molecule has 0 amide bonds. The normalized spacial score (nSPS) is 11.2. The van der Waals surface area contributed by atoms with Gasteiger partial charge in [0.15, 0.2) is 0 Å². The Labute approximate surface area is 292 Å². The fourth-order valence-corrected chi connectivity index (χ4v) is 7.28. The minimum absolute atomic E-state index is 0.632. The largest absolute Gasteiger partial charge is 0.310 e. The van der Waals surface area contributed by atoms with Crippen molar-refractivity contribution in [2.45, 2.75) is 27.7 Å². The van der Waals surface area contributed by atoms with E-state index < -0.39 is 0 Å². The van der Waals surface area contributed by atoms with Gasteiger partial charge in [-0.05, 0) is 145 Å². The van der Waals surface area contributed by atoms with E-state index in [2.05, 4.69) is 135 Å². The zero-order valence-corrected chi connectivity index (χ0v) is 28.5. The molecule has 0 heterocycles. The summed E-state index contributed by atoms with van der Waals surface area (Å²) in [4.78, 5) is 4.62. The van der Waals surface area contributed by atoms with E-state index in [0.29, 0.717) is 11.1 Å². The lowest BCUT2D eigenvalue weighted by Gasteiger charge is -2.30. The number of benzene rings is 8. The van der Waals surface area contributed by atoms with E-state index in [4.69, 9.17) is 0 Å². The quantitative estimate of drug-likeness (QED) is 0.169. The van der Waals surface area contributed by atoms with E-state index in [9.17, 15) is 10.5 Å². The molecule has 8 aromatic rings. The van der Waals surface area contributed by atoms with Crippen LogP contribution in [-0.4, -0.2) is 0 Å². The van der Waals surface area contributed by atoms with Crippen LogP contribution in [0.2, 0.25) is 0 Å². The highest BCUT2D eigenvalue weighted by atomic mass is 15.1. The second kappa shape index (κ2) is 12.1. The molecule has 0 bridgehead atoms. The Morgan fingerprint density at radius 2 is 0.680 bits per heavy atom. The summed E-state index contributed by atoms with van der Waals surface area (Å²) >= 11 is 0. The number of rotatable bonds is 6. The van der Waals surface area contributed by atoms with Gasteiger partial charge < -0.3 is 9.80 Å². The molecule has 4 nitrogen and oxygen atoms in total. The lowest BCUT2D eigenvalue weighted by molar-refractivity contribution is 1.28. The number of aryl methyl sites for hydroxylation is 4. The van der Waals surface area contributed by atoms with Crippen LogP contribution in [0, 0.1) is 50.4 Å². The van der Waals surface area contributed by atoms with Crippen molar-refractivity contribution in [1.82, 2.24) is 0 Å². The van der Waals surface area contributed by atoms with E-state index in [1.165, 1.54) is 43.8 Å². The summed E-state index contributed by atoms with van der Waals surface area (Å²) in [6.45, 7) is 8.61. The number of nitriles is 2. The predicted octanol–water partition coefficient (Wildman–Crippen LogP) is 12.5. The van der Waals surface area contributed by atoms with Gasteiger partial charge in [0.2, 0.25) is 0 Å². The van der Waals surface area contributed by atoms with Crippen molar-refractivity contribution >= 4 is 66.4 Å². The molecule has 0 radical (unpaired) electrons. The Bertz CT molecular complexity index is 2440. The van der Waals surface area contributed by atoms with Crippen molar-refractivity contribution in [1.29, 1.82) is 10.5 Å².